The highest BCUT2D eigenvalue weighted by molar-refractivity contribution is 7.89. The van der Waals surface area contributed by atoms with Crippen LogP contribution in [0.1, 0.15) is 36.8 Å². The predicted molar refractivity (Wildman–Crippen MR) is 110 cm³/mol. The smallest absolute Gasteiger partial charge is 0.338 e. The molecule has 0 bridgehead atoms. The van der Waals surface area contributed by atoms with E-state index in [-0.39, 0.29) is 41.6 Å². The van der Waals surface area contributed by atoms with Gasteiger partial charge in [-0.15, -0.1) is 0 Å². The summed E-state index contributed by atoms with van der Waals surface area (Å²) >= 11 is 0. The zero-order valence-corrected chi connectivity index (χ0v) is 18.5. The van der Waals surface area contributed by atoms with Crippen molar-refractivity contribution in [2.75, 3.05) is 18.4 Å². The van der Waals surface area contributed by atoms with E-state index in [1.54, 1.807) is 20.8 Å². The Bertz CT molecular complexity index is 1060. The standard InChI is InChI=1S/C20H25N3O7S/c1-12-8-18(30-22-12)21-19(24)15(4)29-20(25)16-6-5-7-17(9-16)31(26,27)23-10-13(2)28-14(3)11-23/h5-9,13-15H,10-11H2,1-4H3,(H,21,24)/t13-,14-,15+/m0/s1. The largest absolute Gasteiger partial charge is 0.449 e. The first-order valence-electron chi connectivity index (χ1n) is 9.77. The molecule has 1 aromatic heterocycles. The molecule has 1 fully saturated rings. The second-order valence-electron chi connectivity index (χ2n) is 7.48. The van der Waals surface area contributed by atoms with Gasteiger partial charge in [-0.25, -0.2) is 13.2 Å². The van der Waals surface area contributed by atoms with Gasteiger partial charge in [-0.1, -0.05) is 11.2 Å². The fourth-order valence-electron chi connectivity index (χ4n) is 3.19. The maximum absolute atomic E-state index is 13.0. The van der Waals surface area contributed by atoms with E-state index in [0.717, 1.165) is 0 Å². The molecule has 11 heteroatoms. The second-order valence-corrected chi connectivity index (χ2v) is 9.41. The Morgan fingerprint density at radius 1 is 1.23 bits per heavy atom. The molecule has 1 amide bonds. The molecule has 3 atom stereocenters. The Morgan fingerprint density at radius 2 is 1.90 bits per heavy atom. The van der Waals surface area contributed by atoms with Crippen LogP contribution in [-0.2, 0) is 24.3 Å². The van der Waals surface area contributed by atoms with Gasteiger partial charge < -0.3 is 14.0 Å². The van der Waals surface area contributed by atoms with Crippen LogP contribution in [0.3, 0.4) is 0 Å². The van der Waals surface area contributed by atoms with Crippen molar-refractivity contribution in [1.82, 2.24) is 9.46 Å². The number of sulfonamides is 1. The topological polar surface area (TPSA) is 128 Å². The molecule has 0 aliphatic carbocycles. The molecule has 10 nitrogen and oxygen atoms in total. The van der Waals surface area contributed by atoms with Gasteiger partial charge in [0.25, 0.3) is 5.91 Å². The van der Waals surface area contributed by atoms with Crippen molar-refractivity contribution in [3.05, 3.63) is 41.6 Å². The van der Waals surface area contributed by atoms with Crippen LogP contribution in [0.2, 0.25) is 0 Å². The van der Waals surface area contributed by atoms with E-state index in [1.807, 2.05) is 0 Å². The molecule has 0 radical (unpaired) electrons. The van der Waals surface area contributed by atoms with Crippen molar-refractivity contribution < 1.29 is 32.0 Å². The molecule has 1 aliphatic rings. The number of anilines is 1. The van der Waals surface area contributed by atoms with Crippen molar-refractivity contribution >= 4 is 27.8 Å². The first-order valence-corrected chi connectivity index (χ1v) is 11.2. The lowest BCUT2D eigenvalue weighted by atomic mass is 10.2. The van der Waals surface area contributed by atoms with Crippen LogP contribution < -0.4 is 5.32 Å². The van der Waals surface area contributed by atoms with Crippen LogP contribution in [0.25, 0.3) is 0 Å². The number of rotatable bonds is 6. The summed E-state index contributed by atoms with van der Waals surface area (Å²) in [5.41, 5.74) is 0.604. The molecule has 1 saturated heterocycles. The van der Waals surface area contributed by atoms with Crippen LogP contribution in [-0.4, -0.2) is 61.2 Å². The number of carbonyl (C=O) groups is 2. The number of carbonyl (C=O) groups excluding carboxylic acids is 2. The average Bonchev–Trinajstić information content (AvgIpc) is 3.11. The predicted octanol–water partition coefficient (Wildman–Crippen LogP) is 1.96. The summed E-state index contributed by atoms with van der Waals surface area (Å²) in [6, 6.07) is 7.06. The van der Waals surface area contributed by atoms with E-state index in [0.29, 0.717) is 5.69 Å². The monoisotopic (exact) mass is 451 g/mol. The molecule has 1 aliphatic heterocycles. The Morgan fingerprint density at radius 3 is 2.52 bits per heavy atom. The first kappa shape index (κ1) is 22.9. The van der Waals surface area contributed by atoms with Gasteiger partial charge >= 0.3 is 5.97 Å². The van der Waals surface area contributed by atoms with Crippen molar-refractivity contribution in [2.24, 2.45) is 0 Å². The van der Waals surface area contributed by atoms with Crippen molar-refractivity contribution in [2.45, 2.75) is 50.9 Å². The Kier molecular flexibility index (Phi) is 6.77. The van der Waals surface area contributed by atoms with Gasteiger partial charge in [-0.05, 0) is 45.9 Å². The summed E-state index contributed by atoms with van der Waals surface area (Å²) in [5, 5.41) is 6.10. The minimum absolute atomic E-state index is 0.0191. The third-order valence-electron chi connectivity index (χ3n) is 4.62. The van der Waals surface area contributed by atoms with E-state index < -0.39 is 28.0 Å². The first-order chi connectivity index (χ1) is 14.6. The zero-order chi connectivity index (χ0) is 22.8. The van der Waals surface area contributed by atoms with E-state index in [1.165, 1.54) is 41.6 Å². The number of hydrogen-bond acceptors (Lipinski definition) is 8. The third-order valence-corrected chi connectivity index (χ3v) is 6.45. The summed E-state index contributed by atoms with van der Waals surface area (Å²) in [7, 11) is -3.82. The number of esters is 1. The molecule has 1 N–H and O–H groups in total. The molecule has 0 spiro atoms. The van der Waals surface area contributed by atoms with Crippen LogP contribution in [0.5, 0.6) is 0 Å². The SMILES string of the molecule is Cc1cc(NC(=O)[C@@H](C)OC(=O)c2cccc(S(=O)(=O)N3C[C@H](C)O[C@@H](C)C3)c2)on1. The highest BCUT2D eigenvalue weighted by Crippen LogP contribution is 2.22. The van der Waals surface area contributed by atoms with Gasteiger partial charge in [-0.3, -0.25) is 10.1 Å². The number of hydrogen-bond donors (Lipinski definition) is 1. The van der Waals surface area contributed by atoms with E-state index in [4.69, 9.17) is 14.0 Å². The number of aromatic nitrogens is 1. The number of amides is 1. The number of morpholine rings is 1. The highest BCUT2D eigenvalue weighted by atomic mass is 32.2. The summed E-state index contributed by atoms with van der Waals surface area (Å²) in [6.07, 6.45) is -1.61. The molecular weight excluding hydrogens is 426 g/mol. The lowest BCUT2D eigenvalue weighted by Gasteiger charge is -2.34. The van der Waals surface area contributed by atoms with Crippen molar-refractivity contribution in [3.63, 3.8) is 0 Å². The molecule has 0 unspecified atom stereocenters. The Labute approximate surface area is 180 Å². The second kappa shape index (κ2) is 9.16. The minimum Gasteiger partial charge on any atom is -0.449 e. The van der Waals surface area contributed by atoms with Crippen LogP contribution in [0, 0.1) is 6.92 Å². The molecule has 31 heavy (non-hydrogen) atoms. The average molecular weight is 452 g/mol. The van der Waals surface area contributed by atoms with Gasteiger partial charge in [0, 0.05) is 19.2 Å². The molecule has 168 valence electrons. The van der Waals surface area contributed by atoms with Gasteiger partial charge in [0.05, 0.1) is 28.4 Å². The molecule has 1 aromatic carbocycles. The fraction of sp³-hybridized carbons (Fsp3) is 0.450. The van der Waals surface area contributed by atoms with Gasteiger partial charge in [0.2, 0.25) is 15.9 Å². The lowest BCUT2D eigenvalue weighted by Crippen LogP contribution is -2.48. The van der Waals surface area contributed by atoms with Gasteiger partial charge in [0.15, 0.2) is 6.10 Å². The van der Waals surface area contributed by atoms with Crippen molar-refractivity contribution in [1.29, 1.82) is 0 Å². The number of nitrogens with one attached hydrogen (secondary N) is 1. The third kappa shape index (κ3) is 5.49. The maximum Gasteiger partial charge on any atom is 0.338 e. The summed E-state index contributed by atoms with van der Waals surface area (Å²) < 4.78 is 43.1. The van der Waals surface area contributed by atoms with Gasteiger partial charge in [0.1, 0.15) is 0 Å². The normalized spacial score (nSPS) is 20.8. The summed E-state index contributed by atoms with van der Waals surface area (Å²) in [6.45, 7) is 7.14. The number of aryl methyl sites for hydroxylation is 1. The quantitative estimate of drug-likeness (QED) is 0.660. The summed E-state index contributed by atoms with van der Waals surface area (Å²) in [5.74, 6) is -1.30. The Balaban J connectivity index is 1.70. The summed E-state index contributed by atoms with van der Waals surface area (Å²) in [4.78, 5) is 24.7. The lowest BCUT2D eigenvalue weighted by molar-refractivity contribution is -0.123. The highest BCUT2D eigenvalue weighted by Gasteiger charge is 2.32. The number of nitrogens with zero attached hydrogens (tertiary/aromatic N) is 2. The van der Waals surface area contributed by atoms with E-state index in [9.17, 15) is 18.0 Å². The molecular formula is C20H25N3O7S. The van der Waals surface area contributed by atoms with Crippen LogP contribution in [0.4, 0.5) is 5.88 Å². The Hall–Kier alpha value is -2.76. The minimum atomic E-state index is -3.82. The number of ether oxygens (including phenoxy) is 2. The molecule has 2 aromatic rings. The fourth-order valence-corrected chi connectivity index (χ4v) is 4.82. The molecule has 0 saturated carbocycles. The van der Waals surface area contributed by atoms with E-state index >= 15 is 0 Å². The molecule has 2 heterocycles. The zero-order valence-electron chi connectivity index (χ0n) is 17.7. The van der Waals surface area contributed by atoms with Crippen LogP contribution in [0.15, 0.2) is 39.8 Å². The van der Waals surface area contributed by atoms with Crippen molar-refractivity contribution in [3.8, 4) is 0 Å². The van der Waals surface area contributed by atoms with Crippen LogP contribution >= 0.6 is 0 Å². The number of benzene rings is 1. The maximum atomic E-state index is 13.0. The molecule has 3 rings (SSSR count). The van der Waals surface area contributed by atoms with E-state index in [2.05, 4.69) is 10.5 Å². The van der Waals surface area contributed by atoms with Gasteiger partial charge in [-0.2, -0.15) is 4.31 Å².